The van der Waals surface area contributed by atoms with Gasteiger partial charge < -0.3 is 4.52 Å². The molecule has 1 saturated heterocycles. The van der Waals surface area contributed by atoms with E-state index in [1.54, 1.807) is 16.4 Å². The van der Waals surface area contributed by atoms with Crippen molar-refractivity contribution >= 4 is 10.0 Å². The molecule has 3 rings (SSSR count). The first-order valence-electron chi connectivity index (χ1n) is 9.19. The maximum atomic E-state index is 13.2. The van der Waals surface area contributed by atoms with Crippen LogP contribution < -0.4 is 0 Å². The molecule has 0 radical (unpaired) electrons. The first kappa shape index (κ1) is 19.1. The number of benzene rings is 1. The summed E-state index contributed by atoms with van der Waals surface area (Å²) in [6, 6.07) is 8.89. The van der Waals surface area contributed by atoms with E-state index in [0.717, 1.165) is 24.2 Å². The van der Waals surface area contributed by atoms with Gasteiger partial charge in [0.2, 0.25) is 10.0 Å². The van der Waals surface area contributed by atoms with E-state index in [1.165, 1.54) is 0 Å². The Morgan fingerprint density at radius 2 is 1.85 bits per heavy atom. The Hall–Kier alpha value is -1.66. The van der Waals surface area contributed by atoms with Crippen molar-refractivity contribution in [1.29, 1.82) is 0 Å². The van der Waals surface area contributed by atoms with Crippen molar-refractivity contribution in [1.82, 2.24) is 9.46 Å². The second-order valence-corrected chi connectivity index (χ2v) is 10.2. The number of hydrogen-bond acceptors (Lipinski definition) is 4. The zero-order chi connectivity index (χ0) is 19.1. The predicted octanol–water partition coefficient (Wildman–Crippen LogP) is 4.62. The molecule has 1 aromatic heterocycles. The Labute approximate surface area is 156 Å². The van der Waals surface area contributed by atoms with E-state index in [-0.39, 0.29) is 17.4 Å². The van der Waals surface area contributed by atoms with E-state index in [4.69, 9.17) is 4.52 Å². The third-order valence-electron chi connectivity index (χ3n) is 4.99. The van der Waals surface area contributed by atoms with Crippen LogP contribution in [0.1, 0.15) is 76.4 Å². The average Bonchev–Trinajstić information content (AvgIpc) is 3.23. The molecule has 0 unspecified atom stereocenters. The highest BCUT2D eigenvalue weighted by molar-refractivity contribution is 7.89. The van der Waals surface area contributed by atoms with Crippen molar-refractivity contribution < 1.29 is 12.9 Å². The second kappa shape index (κ2) is 6.82. The number of nitrogens with zero attached hydrogens (tertiary/aromatic N) is 2. The molecule has 1 aromatic carbocycles. The molecular weight excluding hydrogens is 348 g/mol. The van der Waals surface area contributed by atoms with Crippen LogP contribution >= 0.6 is 0 Å². The van der Waals surface area contributed by atoms with Crippen LogP contribution in [0.3, 0.4) is 0 Å². The molecule has 5 nitrogen and oxygen atoms in total. The lowest BCUT2D eigenvalue weighted by Gasteiger charge is -2.23. The van der Waals surface area contributed by atoms with Gasteiger partial charge in [-0.15, -0.1) is 0 Å². The lowest BCUT2D eigenvalue weighted by molar-refractivity contribution is 0.338. The molecule has 0 spiro atoms. The molecule has 0 saturated carbocycles. The third-order valence-corrected chi connectivity index (χ3v) is 6.91. The van der Waals surface area contributed by atoms with Gasteiger partial charge >= 0.3 is 0 Å². The zero-order valence-corrected chi connectivity index (χ0v) is 17.0. The van der Waals surface area contributed by atoms with Crippen molar-refractivity contribution in [3.63, 3.8) is 0 Å². The van der Waals surface area contributed by atoms with Gasteiger partial charge in [-0.2, -0.15) is 4.31 Å². The highest BCUT2D eigenvalue weighted by Gasteiger charge is 2.38. The lowest BCUT2D eigenvalue weighted by atomic mass is 9.87. The van der Waals surface area contributed by atoms with Crippen LogP contribution in [0.5, 0.6) is 0 Å². The maximum absolute atomic E-state index is 13.2. The monoisotopic (exact) mass is 376 g/mol. The molecule has 0 amide bonds. The summed E-state index contributed by atoms with van der Waals surface area (Å²) in [5.41, 5.74) is 1.82. The highest BCUT2D eigenvalue weighted by Crippen LogP contribution is 2.37. The molecule has 1 atom stereocenters. The SMILES string of the molecule is CC(C)c1cc([C@@H]2CCCN2S(=O)(=O)c2ccc(C(C)(C)C)cc2)no1. The molecule has 1 aliphatic heterocycles. The number of hydrogen-bond donors (Lipinski definition) is 0. The molecule has 1 fully saturated rings. The fourth-order valence-electron chi connectivity index (χ4n) is 3.32. The van der Waals surface area contributed by atoms with E-state index >= 15 is 0 Å². The summed E-state index contributed by atoms with van der Waals surface area (Å²) in [7, 11) is -3.56. The Bertz CT molecular complexity index is 861. The standard InChI is InChI=1S/C20H28N2O3S/c1-14(2)19-13-17(21-25-19)18-7-6-12-22(18)26(23,24)16-10-8-15(9-11-16)20(3,4)5/h8-11,13-14,18H,6-7,12H2,1-5H3/t18-/m0/s1. The summed E-state index contributed by atoms with van der Waals surface area (Å²) < 4.78 is 33.3. The summed E-state index contributed by atoms with van der Waals surface area (Å²) in [6.07, 6.45) is 1.59. The van der Waals surface area contributed by atoms with E-state index < -0.39 is 10.0 Å². The zero-order valence-electron chi connectivity index (χ0n) is 16.2. The van der Waals surface area contributed by atoms with Gasteiger partial charge in [-0.3, -0.25) is 0 Å². The van der Waals surface area contributed by atoms with Crippen LogP contribution in [0.4, 0.5) is 0 Å². The number of rotatable bonds is 4. The Balaban J connectivity index is 1.90. The largest absolute Gasteiger partial charge is 0.361 e. The van der Waals surface area contributed by atoms with Crippen molar-refractivity contribution in [3.05, 3.63) is 47.3 Å². The minimum absolute atomic E-state index is 0.00751. The van der Waals surface area contributed by atoms with Crippen LogP contribution in [-0.2, 0) is 15.4 Å². The van der Waals surface area contributed by atoms with Crippen LogP contribution in [0.2, 0.25) is 0 Å². The van der Waals surface area contributed by atoms with Crippen molar-refractivity contribution in [2.24, 2.45) is 0 Å². The van der Waals surface area contributed by atoms with Gasteiger partial charge in [-0.25, -0.2) is 8.42 Å². The van der Waals surface area contributed by atoms with Gasteiger partial charge in [0.15, 0.2) is 0 Å². The summed E-state index contributed by atoms with van der Waals surface area (Å²) in [4.78, 5) is 0.338. The van der Waals surface area contributed by atoms with E-state index in [0.29, 0.717) is 17.1 Å². The second-order valence-electron chi connectivity index (χ2n) is 8.36. The molecule has 2 heterocycles. The topological polar surface area (TPSA) is 63.4 Å². The predicted molar refractivity (Wildman–Crippen MR) is 102 cm³/mol. The quantitative estimate of drug-likeness (QED) is 0.781. The molecule has 142 valence electrons. The van der Waals surface area contributed by atoms with E-state index in [9.17, 15) is 8.42 Å². The van der Waals surface area contributed by atoms with Crippen molar-refractivity contribution in [2.45, 2.75) is 69.7 Å². The van der Waals surface area contributed by atoms with E-state index in [1.807, 2.05) is 32.0 Å². The van der Waals surface area contributed by atoms with Crippen molar-refractivity contribution in [2.75, 3.05) is 6.54 Å². The molecule has 1 aliphatic rings. The first-order chi connectivity index (χ1) is 12.1. The highest BCUT2D eigenvalue weighted by atomic mass is 32.2. The smallest absolute Gasteiger partial charge is 0.243 e. The molecule has 0 N–H and O–H groups in total. The normalized spacial score (nSPS) is 19.4. The van der Waals surface area contributed by atoms with Crippen LogP contribution in [0.15, 0.2) is 39.8 Å². The van der Waals surface area contributed by atoms with Gasteiger partial charge in [0, 0.05) is 18.5 Å². The van der Waals surface area contributed by atoms with Crippen molar-refractivity contribution in [3.8, 4) is 0 Å². The molecule has 2 aromatic rings. The van der Waals surface area contributed by atoms with Gasteiger partial charge in [0.1, 0.15) is 11.5 Å². The van der Waals surface area contributed by atoms with Gasteiger partial charge in [-0.1, -0.05) is 51.9 Å². The first-order valence-corrected chi connectivity index (χ1v) is 10.6. The Morgan fingerprint density at radius 3 is 2.38 bits per heavy atom. The summed E-state index contributed by atoms with van der Waals surface area (Å²) >= 11 is 0. The Morgan fingerprint density at radius 1 is 1.19 bits per heavy atom. The molecular formula is C20H28N2O3S. The van der Waals surface area contributed by atoms with Crippen LogP contribution in [0, 0.1) is 0 Å². The van der Waals surface area contributed by atoms with Gasteiger partial charge in [-0.05, 0) is 36.0 Å². The fraction of sp³-hybridized carbons (Fsp3) is 0.550. The minimum Gasteiger partial charge on any atom is -0.361 e. The number of aromatic nitrogens is 1. The summed E-state index contributed by atoms with van der Waals surface area (Å²) in [5, 5.41) is 4.14. The third kappa shape index (κ3) is 3.58. The average molecular weight is 377 g/mol. The maximum Gasteiger partial charge on any atom is 0.243 e. The molecule has 6 heteroatoms. The molecule has 26 heavy (non-hydrogen) atoms. The summed E-state index contributed by atoms with van der Waals surface area (Å²) in [6.45, 7) is 10.9. The molecule has 0 aliphatic carbocycles. The molecule has 0 bridgehead atoms. The van der Waals surface area contributed by atoms with Crippen LogP contribution in [0.25, 0.3) is 0 Å². The van der Waals surface area contributed by atoms with Gasteiger partial charge in [0.05, 0.1) is 10.9 Å². The number of sulfonamides is 1. The van der Waals surface area contributed by atoms with Crippen LogP contribution in [-0.4, -0.2) is 24.4 Å². The Kier molecular flexibility index (Phi) is 5.01. The summed E-state index contributed by atoms with van der Waals surface area (Å²) in [5.74, 6) is 1.02. The minimum atomic E-state index is -3.56. The lowest BCUT2D eigenvalue weighted by Crippen LogP contribution is -2.31. The fourth-order valence-corrected chi connectivity index (χ4v) is 4.99. The van der Waals surface area contributed by atoms with E-state index in [2.05, 4.69) is 25.9 Å². The van der Waals surface area contributed by atoms with Gasteiger partial charge in [0.25, 0.3) is 0 Å².